The summed E-state index contributed by atoms with van der Waals surface area (Å²) < 4.78 is 0. The van der Waals surface area contributed by atoms with Crippen molar-refractivity contribution in [3.8, 4) is 0 Å². The van der Waals surface area contributed by atoms with Gasteiger partial charge in [-0.05, 0) is 29.8 Å². The minimum atomic E-state index is 0.258. The molecule has 2 atom stereocenters. The number of piperidine rings is 1. The van der Waals surface area contributed by atoms with Gasteiger partial charge in [0.2, 0.25) is 0 Å². The highest BCUT2D eigenvalue weighted by atomic mass is 15.1. The maximum absolute atomic E-state index is 6.33. The van der Waals surface area contributed by atoms with Crippen molar-refractivity contribution in [2.24, 2.45) is 5.73 Å². The highest BCUT2D eigenvalue weighted by Gasteiger charge is 2.26. The van der Waals surface area contributed by atoms with Crippen LogP contribution in [0.1, 0.15) is 23.5 Å². The molecule has 0 spiro atoms. The molecule has 21 heavy (non-hydrogen) atoms. The monoisotopic (exact) mass is 278 g/mol. The van der Waals surface area contributed by atoms with Crippen molar-refractivity contribution in [3.05, 3.63) is 78.0 Å². The molecule has 1 aliphatic heterocycles. The predicted molar refractivity (Wildman–Crippen MR) is 88.8 cm³/mol. The molecule has 0 bridgehead atoms. The Bertz CT molecular complexity index is 577. The number of rotatable bonds is 3. The smallest absolute Gasteiger partial charge is 0.0256 e. The van der Waals surface area contributed by atoms with Crippen molar-refractivity contribution in [3.63, 3.8) is 0 Å². The van der Waals surface area contributed by atoms with Crippen LogP contribution in [-0.2, 0) is 0 Å². The van der Waals surface area contributed by atoms with E-state index in [-0.39, 0.29) is 6.04 Å². The van der Waals surface area contributed by atoms with E-state index in [1.54, 1.807) is 0 Å². The number of nitrogens with two attached hydrogens (primary N) is 1. The molecular weight excluding hydrogens is 256 g/mol. The molecule has 0 radical (unpaired) electrons. The fourth-order valence-corrected chi connectivity index (χ4v) is 2.94. The first-order chi connectivity index (χ1) is 10.3. The average molecular weight is 278 g/mol. The van der Waals surface area contributed by atoms with E-state index >= 15 is 0 Å². The Hall–Kier alpha value is -2.06. The molecule has 2 nitrogen and oxygen atoms in total. The van der Waals surface area contributed by atoms with Crippen LogP contribution in [0.4, 0.5) is 0 Å². The van der Waals surface area contributed by atoms with Gasteiger partial charge in [0.05, 0.1) is 0 Å². The molecule has 2 N–H and O–H groups in total. The van der Waals surface area contributed by atoms with E-state index in [0.29, 0.717) is 5.92 Å². The lowest BCUT2D eigenvalue weighted by Crippen LogP contribution is -2.43. The van der Waals surface area contributed by atoms with Crippen LogP contribution in [0.25, 0.3) is 6.08 Å². The summed E-state index contributed by atoms with van der Waals surface area (Å²) in [7, 11) is 0. The van der Waals surface area contributed by atoms with Gasteiger partial charge >= 0.3 is 0 Å². The molecule has 2 aromatic rings. The molecular formula is C19H22N2. The largest absolute Gasteiger partial charge is 0.377 e. The number of likely N-dealkylation sites (tertiary alicyclic amines) is 1. The third-order valence-electron chi connectivity index (χ3n) is 4.20. The topological polar surface area (TPSA) is 29.3 Å². The molecule has 0 saturated carbocycles. The van der Waals surface area contributed by atoms with Gasteiger partial charge in [0.15, 0.2) is 0 Å². The maximum Gasteiger partial charge on any atom is 0.0256 e. The van der Waals surface area contributed by atoms with E-state index in [1.165, 1.54) is 11.1 Å². The first-order valence-corrected chi connectivity index (χ1v) is 7.61. The molecule has 0 aliphatic carbocycles. The normalized spacial score (nSPS) is 22.6. The molecule has 1 heterocycles. The van der Waals surface area contributed by atoms with Gasteiger partial charge in [-0.2, -0.15) is 0 Å². The average Bonchev–Trinajstić information content (AvgIpc) is 2.56. The zero-order chi connectivity index (χ0) is 14.5. The van der Waals surface area contributed by atoms with Gasteiger partial charge < -0.3 is 10.6 Å². The van der Waals surface area contributed by atoms with E-state index in [2.05, 4.69) is 71.8 Å². The Labute approximate surface area is 126 Å². The summed E-state index contributed by atoms with van der Waals surface area (Å²) in [5, 5.41) is 0. The molecule has 2 aromatic carbocycles. The molecule has 108 valence electrons. The lowest BCUT2D eigenvalue weighted by Gasteiger charge is -2.36. The second kappa shape index (κ2) is 6.59. The van der Waals surface area contributed by atoms with Crippen LogP contribution < -0.4 is 5.73 Å². The van der Waals surface area contributed by atoms with Crippen molar-refractivity contribution < 1.29 is 0 Å². The molecule has 1 fully saturated rings. The Morgan fingerprint density at radius 1 is 0.952 bits per heavy atom. The Kier molecular flexibility index (Phi) is 4.37. The van der Waals surface area contributed by atoms with Crippen molar-refractivity contribution in [1.29, 1.82) is 0 Å². The summed E-state index contributed by atoms with van der Waals surface area (Å²) in [5.41, 5.74) is 8.92. The summed E-state index contributed by atoms with van der Waals surface area (Å²) in [5.74, 6) is 0.417. The second-order valence-electron chi connectivity index (χ2n) is 5.69. The van der Waals surface area contributed by atoms with Crippen molar-refractivity contribution >= 4 is 6.08 Å². The summed E-state index contributed by atoms with van der Waals surface area (Å²) in [6.45, 7) is 2.03. The summed E-state index contributed by atoms with van der Waals surface area (Å²) in [6.07, 6.45) is 5.43. The SMILES string of the molecule is N[C@@H]1CCN(C=Cc2ccccc2)C[C@H]1c1ccccc1. The Morgan fingerprint density at radius 3 is 2.33 bits per heavy atom. The van der Waals surface area contributed by atoms with E-state index in [0.717, 1.165) is 19.5 Å². The molecule has 3 rings (SSSR count). The van der Waals surface area contributed by atoms with Crippen LogP contribution in [0.5, 0.6) is 0 Å². The Balaban J connectivity index is 1.70. The van der Waals surface area contributed by atoms with Gasteiger partial charge in [0.1, 0.15) is 0 Å². The molecule has 1 aliphatic rings. The highest BCUT2D eigenvalue weighted by molar-refractivity contribution is 5.48. The van der Waals surface area contributed by atoms with Gasteiger partial charge in [-0.1, -0.05) is 60.7 Å². The fraction of sp³-hybridized carbons (Fsp3) is 0.263. The summed E-state index contributed by atoms with van der Waals surface area (Å²) in [4.78, 5) is 2.38. The summed E-state index contributed by atoms with van der Waals surface area (Å²) in [6, 6.07) is 21.3. The van der Waals surface area contributed by atoms with Crippen molar-refractivity contribution in [2.45, 2.75) is 18.4 Å². The second-order valence-corrected chi connectivity index (χ2v) is 5.69. The summed E-state index contributed by atoms with van der Waals surface area (Å²) >= 11 is 0. The van der Waals surface area contributed by atoms with E-state index in [9.17, 15) is 0 Å². The zero-order valence-electron chi connectivity index (χ0n) is 12.2. The predicted octanol–water partition coefficient (Wildman–Crippen LogP) is 3.47. The standard InChI is InChI=1S/C19H22N2/c20-19-12-14-21(13-11-16-7-3-1-4-8-16)15-18(19)17-9-5-2-6-10-17/h1-11,13,18-19H,12,14-15,20H2/t18-,19+/m0/s1. The molecule has 0 amide bonds. The van der Waals surface area contributed by atoms with Crippen LogP contribution in [-0.4, -0.2) is 24.0 Å². The van der Waals surface area contributed by atoms with Gasteiger partial charge in [0.25, 0.3) is 0 Å². The molecule has 0 aromatic heterocycles. The number of hydrogen-bond donors (Lipinski definition) is 1. The van der Waals surface area contributed by atoms with Crippen LogP contribution >= 0.6 is 0 Å². The van der Waals surface area contributed by atoms with Crippen molar-refractivity contribution in [1.82, 2.24) is 4.90 Å². The first kappa shape index (κ1) is 13.9. The van der Waals surface area contributed by atoms with Gasteiger partial charge in [-0.3, -0.25) is 0 Å². The first-order valence-electron chi connectivity index (χ1n) is 7.61. The van der Waals surface area contributed by atoms with Crippen LogP contribution in [0, 0.1) is 0 Å². The van der Waals surface area contributed by atoms with Gasteiger partial charge in [-0.25, -0.2) is 0 Å². The van der Waals surface area contributed by atoms with Crippen molar-refractivity contribution in [2.75, 3.05) is 13.1 Å². The van der Waals surface area contributed by atoms with E-state index in [4.69, 9.17) is 5.73 Å². The lowest BCUT2D eigenvalue weighted by atomic mass is 9.87. The molecule has 0 unspecified atom stereocenters. The highest BCUT2D eigenvalue weighted by Crippen LogP contribution is 2.26. The Morgan fingerprint density at radius 2 is 1.62 bits per heavy atom. The minimum absolute atomic E-state index is 0.258. The number of nitrogens with zero attached hydrogens (tertiary/aromatic N) is 1. The van der Waals surface area contributed by atoms with Crippen LogP contribution in [0.15, 0.2) is 66.9 Å². The zero-order valence-corrected chi connectivity index (χ0v) is 12.2. The maximum atomic E-state index is 6.33. The third kappa shape index (κ3) is 3.53. The lowest BCUT2D eigenvalue weighted by molar-refractivity contribution is 0.255. The van der Waals surface area contributed by atoms with Crippen LogP contribution in [0.2, 0.25) is 0 Å². The minimum Gasteiger partial charge on any atom is -0.377 e. The molecule has 1 saturated heterocycles. The quantitative estimate of drug-likeness (QED) is 0.931. The molecule has 2 heteroatoms. The van der Waals surface area contributed by atoms with E-state index < -0.39 is 0 Å². The fourth-order valence-electron chi connectivity index (χ4n) is 2.94. The number of benzene rings is 2. The van der Waals surface area contributed by atoms with Gasteiger partial charge in [-0.15, -0.1) is 0 Å². The van der Waals surface area contributed by atoms with Crippen LogP contribution in [0.3, 0.4) is 0 Å². The van der Waals surface area contributed by atoms with Gasteiger partial charge in [0, 0.05) is 25.0 Å². The third-order valence-corrected chi connectivity index (χ3v) is 4.20. The number of hydrogen-bond acceptors (Lipinski definition) is 2. The van der Waals surface area contributed by atoms with E-state index in [1.807, 2.05) is 6.07 Å².